The van der Waals surface area contributed by atoms with Crippen molar-refractivity contribution < 1.29 is 18.0 Å². The van der Waals surface area contributed by atoms with Crippen molar-refractivity contribution in [2.24, 2.45) is 0 Å². The van der Waals surface area contributed by atoms with Crippen molar-refractivity contribution in [1.29, 1.82) is 0 Å². The largest absolute Gasteiger partial charge is 0.464 e. The molecule has 0 bridgehead atoms. The van der Waals surface area contributed by atoms with Crippen LogP contribution in [-0.4, -0.2) is 17.9 Å². The molecule has 0 saturated heterocycles. The number of likely N-dealkylation sites (N-methyl/N-ethyl adjacent to an activating group) is 1. The van der Waals surface area contributed by atoms with E-state index in [9.17, 15) is 9.18 Å². The third-order valence-electron chi connectivity index (χ3n) is 3.72. The lowest BCUT2D eigenvalue weighted by molar-refractivity contribution is -0.125. The van der Waals surface area contributed by atoms with Crippen LogP contribution < -0.4 is 0 Å². The average molecular weight is 339 g/mol. The van der Waals surface area contributed by atoms with Gasteiger partial charge >= 0.3 is 0 Å². The van der Waals surface area contributed by atoms with Crippen molar-refractivity contribution in [2.75, 3.05) is 7.05 Å². The molecule has 0 spiro atoms. The molecule has 25 heavy (non-hydrogen) atoms. The predicted molar refractivity (Wildman–Crippen MR) is 93.1 cm³/mol. The molecule has 5 heteroatoms. The molecule has 0 fully saturated rings. The molecule has 0 aliphatic carbocycles. The van der Waals surface area contributed by atoms with E-state index in [1.54, 1.807) is 43.5 Å². The summed E-state index contributed by atoms with van der Waals surface area (Å²) >= 11 is 0. The van der Waals surface area contributed by atoms with Crippen LogP contribution in [0.15, 0.2) is 63.4 Å². The summed E-state index contributed by atoms with van der Waals surface area (Å²) in [6.07, 6.45) is 2.98. The highest BCUT2D eigenvalue weighted by atomic mass is 19.1. The molecule has 4 nitrogen and oxygen atoms in total. The fourth-order valence-corrected chi connectivity index (χ4v) is 2.41. The van der Waals surface area contributed by atoms with Crippen LogP contribution in [0.1, 0.15) is 17.3 Å². The van der Waals surface area contributed by atoms with Crippen molar-refractivity contribution >= 4 is 12.0 Å². The molecule has 1 aromatic carbocycles. The molecular formula is C20H18FNO3. The van der Waals surface area contributed by atoms with Gasteiger partial charge in [-0.05, 0) is 49.4 Å². The van der Waals surface area contributed by atoms with E-state index in [0.717, 1.165) is 11.5 Å². The van der Waals surface area contributed by atoms with Gasteiger partial charge in [-0.15, -0.1) is 0 Å². The highest BCUT2D eigenvalue weighted by molar-refractivity contribution is 5.91. The molecule has 0 unspecified atom stereocenters. The Labute approximate surface area is 145 Å². The lowest BCUT2D eigenvalue weighted by Gasteiger charge is -2.12. The Hall–Kier alpha value is -3.08. The van der Waals surface area contributed by atoms with E-state index in [-0.39, 0.29) is 11.7 Å². The van der Waals surface area contributed by atoms with Crippen LogP contribution in [-0.2, 0) is 11.3 Å². The number of rotatable bonds is 5. The second-order valence-corrected chi connectivity index (χ2v) is 5.72. The Morgan fingerprint density at radius 3 is 2.64 bits per heavy atom. The molecule has 0 aliphatic rings. The first-order valence-electron chi connectivity index (χ1n) is 7.86. The average Bonchev–Trinajstić information content (AvgIpc) is 3.22. The molecule has 1 amide bonds. The molecule has 0 saturated carbocycles. The maximum atomic E-state index is 13.8. The topological polar surface area (TPSA) is 46.6 Å². The Morgan fingerprint density at radius 1 is 1.12 bits per heavy atom. The molecule has 0 atom stereocenters. The van der Waals surface area contributed by atoms with E-state index < -0.39 is 0 Å². The SMILES string of the molecule is Cc1ccc(CN(C)C(=O)C=Cc2ccc(-c3ccccc3F)o2)o1. The van der Waals surface area contributed by atoms with Crippen LogP contribution in [0.2, 0.25) is 0 Å². The van der Waals surface area contributed by atoms with Crippen LogP contribution in [0.4, 0.5) is 4.39 Å². The van der Waals surface area contributed by atoms with Gasteiger partial charge in [-0.2, -0.15) is 0 Å². The van der Waals surface area contributed by atoms with Crippen LogP contribution >= 0.6 is 0 Å². The number of amides is 1. The van der Waals surface area contributed by atoms with E-state index in [0.29, 0.717) is 23.6 Å². The zero-order valence-corrected chi connectivity index (χ0v) is 14.0. The number of benzene rings is 1. The standard InChI is InChI=1S/C20H18FNO3/c1-14-7-8-16(24-14)13-22(2)20(23)12-10-15-9-11-19(25-15)17-5-3-4-6-18(17)21/h3-12H,13H2,1-2H3. The number of halogens is 1. The minimum absolute atomic E-state index is 0.183. The summed E-state index contributed by atoms with van der Waals surface area (Å²) in [4.78, 5) is 13.7. The summed E-state index contributed by atoms with van der Waals surface area (Å²) in [6, 6.07) is 13.5. The van der Waals surface area contributed by atoms with Gasteiger partial charge in [-0.3, -0.25) is 4.79 Å². The van der Waals surface area contributed by atoms with Crippen LogP contribution in [0.5, 0.6) is 0 Å². The number of furan rings is 2. The van der Waals surface area contributed by atoms with E-state index in [4.69, 9.17) is 8.83 Å². The van der Waals surface area contributed by atoms with Gasteiger partial charge in [0.1, 0.15) is 28.9 Å². The van der Waals surface area contributed by atoms with Crippen LogP contribution in [0, 0.1) is 12.7 Å². The first-order valence-corrected chi connectivity index (χ1v) is 7.86. The van der Waals surface area contributed by atoms with Gasteiger partial charge in [-0.1, -0.05) is 12.1 Å². The number of aryl methyl sites for hydroxylation is 1. The van der Waals surface area contributed by atoms with Gasteiger partial charge in [-0.25, -0.2) is 4.39 Å². The quantitative estimate of drug-likeness (QED) is 0.635. The smallest absolute Gasteiger partial charge is 0.246 e. The molecule has 0 radical (unpaired) electrons. The zero-order chi connectivity index (χ0) is 17.8. The lowest BCUT2D eigenvalue weighted by atomic mass is 10.1. The lowest BCUT2D eigenvalue weighted by Crippen LogP contribution is -2.23. The predicted octanol–water partition coefficient (Wildman–Crippen LogP) is 4.66. The third kappa shape index (κ3) is 4.07. The fraction of sp³-hybridized carbons (Fsp3) is 0.150. The number of carbonyl (C=O) groups excluding carboxylic acids is 1. The van der Waals surface area contributed by atoms with E-state index in [2.05, 4.69) is 0 Å². The maximum absolute atomic E-state index is 13.8. The minimum Gasteiger partial charge on any atom is -0.464 e. The van der Waals surface area contributed by atoms with Gasteiger partial charge in [0, 0.05) is 13.1 Å². The Morgan fingerprint density at radius 2 is 1.92 bits per heavy atom. The summed E-state index contributed by atoms with van der Waals surface area (Å²) in [5.74, 6) is 1.90. The van der Waals surface area contributed by atoms with E-state index in [1.807, 2.05) is 19.1 Å². The summed E-state index contributed by atoms with van der Waals surface area (Å²) in [5, 5.41) is 0. The third-order valence-corrected chi connectivity index (χ3v) is 3.72. The second kappa shape index (κ2) is 7.21. The molecule has 0 aliphatic heterocycles. The minimum atomic E-state index is -0.350. The number of nitrogens with zero attached hydrogens (tertiary/aromatic N) is 1. The molecule has 2 aromatic heterocycles. The number of hydrogen-bond donors (Lipinski definition) is 0. The van der Waals surface area contributed by atoms with Gasteiger partial charge in [0.25, 0.3) is 0 Å². The molecule has 3 rings (SSSR count). The number of hydrogen-bond acceptors (Lipinski definition) is 3. The maximum Gasteiger partial charge on any atom is 0.246 e. The summed E-state index contributed by atoms with van der Waals surface area (Å²) in [5.41, 5.74) is 0.388. The fourth-order valence-electron chi connectivity index (χ4n) is 2.41. The summed E-state index contributed by atoms with van der Waals surface area (Å²) in [7, 11) is 1.69. The van der Waals surface area contributed by atoms with Gasteiger partial charge in [0.05, 0.1) is 12.1 Å². The highest BCUT2D eigenvalue weighted by Gasteiger charge is 2.10. The molecule has 2 heterocycles. The molecule has 0 N–H and O–H groups in total. The Balaban J connectivity index is 1.66. The summed E-state index contributed by atoms with van der Waals surface area (Å²) < 4.78 is 24.8. The van der Waals surface area contributed by atoms with Crippen molar-refractivity contribution in [3.63, 3.8) is 0 Å². The highest BCUT2D eigenvalue weighted by Crippen LogP contribution is 2.25. The molecular weight excluding hydrogens is 321 g/mol. The van der Waals surface area contributed by atoms with Crippen molar-refractivity contribution in [3.05, 3.63) is 77.7 Å². The first-order chi connectivity index (χ1) is 12.0. The van der Waals surface area contributed by atoms with Gasteiger partial charge in [0.15, 0.2) is 0 Å². The Kier molecular flexibility index (Phi) is 4.84. The van der Waals surface area contributed by atoms with Crippen molar-refractivity contribution in [3.8, 4) is 11.3 Å². The molecule has 128 valence electrons. The van der Waals surface area contributed by atoms with Crippen LogP contribution in [0.3, 0.4) is 0 Å². The van der Waals surface area contributed by atoms with Gasteiger partial charge < -0.3 is 13.7 Å². The number of carbonyl (C=O) groups is 1. The Bertz CT molecular complexity index is 907. The zero-order valence-electron chi connectivity index (χ0n) is 14.0. The second-order valence-electron chi connectivity index (χ2n) is 5.72. The molecule has 3 aromatic rings. The summed E-state index contributed by atoms with van der Waals surface area (Å²) in [6.45, 7) is 2.24. The normalized spacial score (nSPS) is 11.2. The van der Waals surface area contributed by atoms with E-state index in [1.165, 1.54) is 17.0 Å². The van der Waals surface area contributed by atoms with Crippen molar-refractivity contribution in [1.82, 2.24) is 4.90 Å². The monoisotopic (exact) mass is 339 g/mol. The van der Waals surface area contributed by atoms with Crippen molar-refractivity contribution in [2.45, 2.75) is 13.5 Å². The van der Waals surface area contributed by atoms with E-state index >= 15 is 0 Å². The first kappa shape index (κ1) is 16.8. The van der Waals surface area contributed by atoms with Gasteiger partial charge in [0.2, 0.25) is 5.91 Å². The van der Waals surface area contributed by atoms with Crippen LogP contribution in [0.25, 0.3) is 17.4 Å².